The van der Waals surface area contributed by atoms with E-state index in [0.717, 1.165) is 23.8 Å². The van der Waals surface area contributed by atoms with Gasteiger partial charge in [-0.1, -0.05) is 17.3 Å². The summed E-state index contributed by atoms with van der Waals surface area (Å²) < 4.78 is 5.26. The molecule has 5 heteroatoms. The number of hydrogen-bond donors (Lipinski definition) is 1. The van der Waals surface area contributed by atoms with Crippen LogP contribution in [0.3, 0.4) is 0 Å². The van der Waals surface area contributed by atoms with E-state index < -0.39 is 0 Å². The average molecular weight is 286 g/mol. The highest BCUT2D eigenvalue weighted by molar-refractivity contribution is 5.86. The summed E-state index contributed by atoms with van der Waals surface area (Å²) in [6.45, 7) is 0. The van der Waals surface area contributed by atoms with Crippen molar-refractivity contribution in [2.24, 2.45) is 0 Å². The normalized spacial score (nSPS) is 28.2. The summed E-state index contributed by atoms with van der Waals surface area (Å²) in [4.78, 5) is 14.6. The Kier molecular flexibility index (Phi) is 2.96. The maximum atomic E-state index is 12.6. The first-order valence-corrected chi connectivity index (χ1v) is 7.55. The molecule has 2 fully saturated rings. The molecule has 2 unspecified atom stereocenters. The van der Waals surface area contributed by atoms with E-state index in [2.05, 4.69) is 5.16 Å². The zero-order valence-corrected chi connectivity index (χ0v) is 11.7. The lowest BCUT2D eigenvalue weighted by atomic mass is 9.99. The second-order valence-corrected chi connectivity index (χ2v) is 6.11. The van der Waals surface area contributed by atoms with E-state index in [9.17, 15) is 9.90 Å². The van der Waals surface area contributed by atoms with Crippen LogP contribution >= 0.6 is 0 Å². The van der Waals surface area contributed by atoms with Crippen molar-refractivity contribution in [2.45, 2.75) is 50.3 Å². The molecular weight excluding hydrogens is 268 g/mol. The number of amides is 1. The molecule has 5 nitrogen and oxygen atoms in total. The predicted molar refractivity (Wildman–Crippen MR) is 76.6 cm³/mol. The lowest BCUT2D eigenvalue weighted by molar-refractivity contribution is -0.136. The van der Waals surface area contributed by atoms with E-state index in [0.29, 0.717) is 18.5 Å². The number of aliphatic hydroxyl groups excluding tert-OH is 1. The lowest BCUT2D eigenvalue weighted by Crippen LogP contribution is -2.48. The van der Waals surface area contributed by atoms with Crippen LogP contribution in [-0.4, -0.2) is 39.3 Å². The van der Waals surface area contributed by atoms with E-state index in [1.54, 1.807) is 0 Å². The van der Waals surface area contributed by atoms with E-state index in [-0.39, 0.29) is 30.5 Å². The predicted octanol–water partition coefficient (Wildman–Crippen LogP) is 1.88. The SMILES string of the molecule is O=C(Cc1noc2ccccc12)N1C2CCC1CC(O)C2. The smallest absolute Gasteiger partial charge is 0.229 e. The number of fused-ring (bicyclic) bond motifs is 3. The van der Waals surface area contributed by atoms with Crippen LogP contribution in [0.1, 0.15) is 31.4 Å². The highest BCUT2D eigenvalue weighted by atomic mass is 16.5. The van der Waals surface area contributed by atoms with Gasteiger partial charge in [0, 0.05) is 17.5 Å². The summed E-state index contributed by atoms with van der Waals surface area (Å²) in [6, 6.07) is 8.01. The van der Waals surface area contributed by atoms with Crippen molar-refractivity contribution >= 4 is 16.9 Å². The first-order valence-electron chi connectivity index (χ1n) is 7.55. The van der Waals surface area contributed by atoms with Gasteiger partial charge in [0.15, 0.2) is 5.58 Å². The molecule has 2 aliphatic heterocycles. The molecule has 0 radical (unpaired) electrons. The standard InChI is InChI=1S/C16H18N2O3/c19-12-7-10-5-6-11(8-12)18(10)16(20)9-14-13-3-1-2-4-15(13)21-17-14/h1-4,10-12,19H,5-9H2. The number of piperidine rings is 1. The van der Waals surface area contributed by atoms with Crippen LogP contribution < -0.4 is 0 Å². The van der Waals surface area contributed by atoms with Gasteiger partial charge >= 0.3 is 0 Å². The van der Waals surface area contributed by atoms with Crippen LogP contribution in [0.5, 0.6) is 0 Å². The Bertz CT molecular complexity index is 667. The van der Waals surface area contributed by atoms with Crippen LogP contribution in [0, 0.1) is 0 Å². The second kappa shape index (κ2) is 4.84. The molecule has 0 spiro atoms. The van der Waals surface area contributed by atoms with Crippen molar-refractivity contribution in [1.29, 1.82) is 0 Å². The number of aliphatic hydroxyl groups is 1. The number of para-hydroxylation sites is 1. The van der Waals surface area contributed by atoms with Crippen LogP contribution in [0.25, 0.3) is 11.0 Å². The van der Waals surface area contributed by atoms with Crippen molar-refractivity contribution in [3.05, 3.63) is 30.0 Å². The first-order chi connectivity index (χ1) is 10.2. The number of rotatable bonds is 2. The van der Waals surface area contributed by atoms with Crippen molar-refractivity contribution < 1.29 is 14.4 Å². The topological polar surface area (TPSA) is 66.6 Å². The number of nitrogens with zero attached hydrogens (tertiary/aromatic N) is 2. The Morgan fingerprint density at radius 2 is 2.00 bits per heavy atom. The van der Waals surface area contributed by atoms with Crippen molar-refractivity contribution in [3.63, 3.8) is 0 Å². The minimum Gasteiger partial charge on any atom is -0.393 e. The monoisotopic (exact) mass is 286 g/mol. The summed E-state index contributed by atoms with van der Waals surface area (Å²) in [7, 11) is 0. The molecule has 3 heterocycles. The van der Waals surface area contributed by atoms with E-state index in [1.807, 2.05) is 29.2 Å². The lowest BCUT2D eigenvalue weighted by Gasteiger charge is -2.37. The molecule has 1 amide bonds. The maximum Gasteiger partial charge on any atom is 0.229 e. The molecule has 1 aromatic heterocycles. The molecule has 1 aromatic carbocycles. The zero-order chi connectivity index (χ0) is 14.4. The molecule has 0 aliphatic carbocycles. The molecule has 0 saturated carbocycles. The van der Waals surface area contributed by atoms with Gasteiger partial charge < -0.3 is 14.5 Å². The Hall–Kier alpha value is -1.88. The third-order valence-electron chi connectivity index (χ3n) is 4.77. The largest absolute Gasteiger partial charge is 0.393 e. The molecule has 2 atom stereocenters. The first kappa shape index (κ1) is 12.8. The van der Waals surface area contributed by atoms with Crippen LogP contribution in [-0.2, 0) is 11.2 Å². The number of aromatic nitrogens is 1. The molecule has 1 N–H and O–H groups in total. The van der Waals surface area contributed by atoms with Gasteiger partial charge in [-0.2, -0.15) is 0 Å². The van der Waals surface area contributed by atoms with Gasteiger partial charge in [0.25, 0.3) is 0 Å². The number of carbonyl (C=O) groups excluding carboxylic acids is 1. The van der Waals surface area contributed by atoms with Gasteiger partial charge in [0.1, 0.15) is 5.69 Å². The molecule has 2 aliphatic rings. The van der Waals surface area contributed by atoms with E-state index >= 15 is 0 Å². The molecule has 110 valence electrons. The van der Waals surface area contributed by atoms with Gasteiger partial charge in [0.2, 0.25) is 5.91 Å². The van der Waals surface area contributed by atoms with Crippen LogP contribution in [0.2, 0.25) is 0 Å². The number of hydrogen-bond acceptors (Lipinski definition) is 4. The van der Waals surface area contributed by atoms with Gasteiger partial charge in [-0.15, -0.1) is 0 Å². The fourth-order valence-corrected chi connectivity index (χ4v) is 3.86. The summed E-state index contributed by atoms with van der Waals surface area (Å²) in [5.74, 6) is 0.105. The highest BCUT2D eigenvalue weighted by Crippen LogP contribution is 2.36. The van der Waals surface area contributed by atoms with Crippen molar-refractivity contribution in [1.82, 2.24) is 10.1 Å². The maximum absolute atomic E-state index is 12.6. The minimum absolute atomic E-state index is 0.105. The molecule has 2 saturated heterocycles. The van der Waals surface area contributed by atoms with Crippen LogP contribution in [0.15, 0.2) is 28.8 Å². The molecular formula is C16H18N2O3. The Morgan fingerprint density at radius 1 is 1.29 bits per heavy atom. The fraction of sp³-hybridized carbons (Fsp3) is 0.500. The third kappa shape index (κ3) is 2.12. The summed E-state index contributed by atoms with van der Waals surface area (Å²) in [5.41, 5.74) is 1.43. The zero-order valence-electron chi connectivity index (χ0n) is 11.7. The Labute approximate surface area is 122 Å². The molecule has 2 aromatic rings. The van der Waals surface area contributed by atoms with Gasteiger partial charge in [-0.05, 0) is 37.8 Å². The van der Waals surface area contributed by atoms with Gasteiger partial charge in [-0.3, -0.25) is 4.79 Å². The van der Waals surface area contributed by atoms with Gasteiger partial charge in [0.05, 0.1) is 12.5 Å². The quantitative estimate of drug-likeness (QED) is 0.915. The van der Waals surface area contributed by atoms with Gasteiger partial charge in [-0.25, -0.2) is 0 Å². The summed E-state index contributed by atoms with van der Waals surface area (Å²) in [5, 5.41) is 14.8. The molecule has 21 heavy (non-hydrogen) atoms. The minimum atomic E-state index is -0.251. The second-order valence-electron chi connectivity index (χ2n) is 6.11. The Balaban J connectivity index is 1.56. The highest BCUT2D eigenvalue weighted by Gasteiger charge is 2.42. The number of carbonyl (C=O) groups is 1. The summed E-state index contributed by atoms with van der Waals surface area (Å²) in [6.07, 6.45) is 3.46. The van der Waals surface area contributed by atoms with E-state index in [4.69, 9.17) is 4.52 Å². The third-order valence-corrected chi connectivity index (χ3v) is 4.77. The van der Waals surface area contributed by atoms with Crippen LogP contribution in [0.4, 0.5) is 0 Å². The van der Waals surface area contributed by atoms with E-state index in [1.165, 1.54) is 0 Å². The van der Waals surface area contributed by atoms with Crippen molar-refractivity contribution in [2.75, 3.05) is 0 Å². The molecule has 2 bridgehead atoms. The average Bonchev–Trinajstić information content (AvgIpc) is 2.99. The molecule has 4 rings (SSSR count). The number of benzene rings is 1. The van der Waals surface area contributed by atoms with Crippen molar-refractivity contribution in [3.8, 4) is 0 Å². The Morgan fingerprint density at radius 3 is 2.76 bits per heavy atom. The summed E-state index contributed by atoms with van der Waals surface area (Å²) >= 11 is 0. The fourth-order valence-electron chi connectivity index (χ4n) is 3.86.